The van der Waals surface area contributed by atoms with E-state index in [2.05, 4.69) is 20.9 Å². The van der Waals surface area contributed by atoms with Crippen LogP contribution >= 0.6 is 11.8 Å². The van der Waals surface area contributed by atoms with Crippen LogP contribution in [0.3, 0.4) is 0 Å². The molecule has 3 heterocycles. The second-order valence-corrected chi connectivity index (χ2v) is 7.12. The highest BCUT2D eigenvalue weighted by molar-refractivity contribution is 8.00. The number of thioether (sulfide) groups is 1. The van der Waals surface area contributed by atoms with Crippen LogP contribution in [0.4, 0.5) is 0 Å². The maximum absolute atomic E-state index is 12.7. The van der Waals surface area contributed by atoms with E-state index >= 15 is 0 Å². The Morgan fingerprint density at radius 1 is 1.17 bits per heavy atom. The molecule has 0 N–H and O–H groups in total. The van der Waals surface area contributed by atoms with Gasteiger partial charge in [-0.3, -0.25) is 14.8 Å². The first-order valence-electron chi connectivity index (χ1n) is 8.55. The summed E-state index contributed by atoms with van der Waals surface area (Å²) in [6.45, 7) is 0.891. The molecule has 1 atom stereocenters. The van der Waals surface area contributed by atoms with Crippen molar-refractivity contribution in [2.45, 2.75) is 43.0 Å². The van der Waals surface area contributed by atoms with Crippen LogP contribution in [0.25, 0.3) is 0 Å². The SMILES string of the molecule is O=C(CSc1ccncc1)N1CCCC[C@H]1CCc1ccccn1. The molecule has 0 saturated carbocycles. The third kappa shape index (κ3) is 4.81. The van der Waals surface area contributed by atoms with Crippen molar-refractivity contribution in [3.05, 3.63) is 54.6 Å². The maximum atomic E-state index is 12.7. The number of carbonyl (C=O) groups excluding carboxylic acids is 1. The van der Waals surface area contributed by atoms with E-state index < -0.39 is 0 Å². The normalized spacial score (nSPS) is 17.7. The predicted molar refractivity (Wildman–Crippen MR) is 96.9 cm³/mol. The second-order valence-electron chi connectivity index (χ2n) is 6.07. The number of carbonyl (C=O) groups is 1. The second kappa shape index (κ2) is 8.83. The predicted octanol–water partition coefficient (Wildman–Crippen LogP) is 3.58. The number of piperidine rings is 1. The van der Waals surface area contributed by atoms with Gasteiger partial charge in [0.05, 0.1) is 5.75 Å². The summed E-state index contributed by atoms with van der Waals surface area (Å²) in [7, 11) is 0. The fraction of sp³-hybridized carbons (Fsp3) is 0.421. The van der Waals surface area contributed by atoms with Gasteiger partial charge in [-0.15, -0.1) is 11.8 Å². The van der Waals surface area contributed by atoms with Crippen LogP contribution in [0.1, 0.15) is 31.4 Å². The number of pyridine rings is 2. The van der Waals surface area contributed by atoms with Gasteiger partial charge in [0.15, 0.2) is 0 Å². The van der Waals surface area contributed by atoms with E-state index in [9.17, 15) is 4.79 Å². The van der Waals surface area contributed by atoms with Gasteiger partial charge in [-0.2, -0.15) is 0 Å². The van der Waals surface area contributed by atoms with Crippen LogP contribution in [0.15, 0.2) is 53.8 Å². The molecule has 2 aromatic rings. The zero-order valence-electron chi connectivity index (χ0n) is 13.8. The van der Waals surface area contributed by atoms with E-state index in [1.807, 2.05) is 30.5 Å². The number of rotatable bonds is 6. The van der Waals surface area contributed by atoms with Gasteiger partial charge in [-0.25, -0.2) is 0 Å². The topological polar surface area (TPSA) is 46.1 Å². The standard InChI is InChI=1S/C19H23N3OS/c23-19(15-24-18-9-12-20-13-10-18)22-14-4-2-6-17(22)8-7-16-5-1-3-11-21-16/h1,3,5,9-13,17H,2,4,6-8,14-15H2/t17-/m0/s1. The van der Waals surface area contributed by atoms with E-state index in [0.29, 0.717) is 11.8 Å². The minimum Gasteiger partial charge on any atom is -0.339 e. The van der Waals surface area contributed by atoms with Crippen LogP contribution in [-0.2, 0) is 11.2 Å². The molecule has 1 fully saturated rings. The summed E-state index contributed by atoms with van der Waals surface area (Å²) >= 11 is 1.60. The highest BCUT2D eigenvalue weighted by atomic mass is 32.2. The van der Waals surface area contributed by atoms with Gasteiger partial charge in [-0.1, -0.05) is 6.07 Å². The van der Waals surface area contributed by atoms with Gasteiger partial charge in [0.25, 0.3) is 0 Å². The van der Waals surface area contributed by atoms with Crippen molar-refractivity contribution in [2.24, 2.45) is 0 Å². The molecular formula is C19H23N3OS. The van der Waals surface area contributed by atoms with E-state index in [4.69, 9.17) is 0 Å². The minimum atomic E-state index is 0.252. The summed E-state index contributed by atoms with van der Waals surface area (Å²) in [5.74, 6) is 0.756. The Bertz CT molecular complexity index is 636. The van der Waals surface area contributed by atoms with Crippen molar-refractivity contribution in [2.75, 3.05) is 12.3 Å². The van der Waals surface area contributed by atoms with Crippen molar-refractivity contribution in [1.29, 1.82) is 0 Å². The van der Waals surface area contributed by atoms with Crippen LogP contribution in [0.5, 0.6) is 0 Å². The summed E-state index contributed by atoms with van der Waals surface area (Å²) < 4.78 is 0. The molecule has 1 aliphatic rings. The first kappa shape index (κ1) is 17.0. The Morgan fingerprint density at radius 2 is 2.04 bits per heavy atom. The minimum absolute atomic E-state index is 0.252. The molecule has 0 aromatic carbocycles. The fourth-order valence-corrected chi connectivity index (χ4v) is 3.92. The molecule has 0 unspecified atom stereocenters. The van der Waals surface area contributed by atoms with Crippen molar-refractivity contribution in [3.8, 4) is 0 Å². The summed E-state index contributed by atoms with van der Waals surface area (Å²) in [5.41, 5.74) is 1.11. The van der Waals surface area contributed by atoms with Gasteiger partial charge < -0.3 is 4.90 Å². The average Bonchev–Trinajstić information content (AvgIpc) is 2.66. The molecule has 0 bridgehead atoms. The lowest BCUT2D eigenvalue weighted by atomic mass is 9.97. The third-order valence-corrected chi connectivity index (χ3v) is 5.42. The first-order valence-corrected chi connectivity index (χ1v) is 9.54. The number of likely N-dealkylation sites (tertiary alicyclic amines) is 1. The number of hydrogen-bond donors (Lipinski definition) is 0. The van der Waals surface area contributed by atoms with Gasteiger partial charge in [0.1, 0.15) is 0 Å². The van der Waals surface area contributed by atoms with Crippen molar-refractivity contribution in [3.63, 3.8) is 0 Å². The zero-order chi connectivity index (χ0) is 16.6. The number of nitrogens with zero attached hydrogens (tertiary/aromatic N) is 3. The molecule has 24 heavy (non-hydrogen) atoms. The quantitative estimate of drug-likeness (QED) is 0.754. The first-order chi connectivity index (χ1) is 11.8. The number of aromatic nitrogens is 2. The molecule has 1 saturated heterocycles. The molecule has 3 rings (SSSR count). The highest BCUT2D eigenvalue weighted by Gasteiger charge is 2.26. The summed E-state index contributed by atoms with van der Waals surface area (Å²) in [6, 6.07) is 10.3. The number of amides is 1. The van der Waals surface area contributed by atoms with Crippen molar-refractivity contribution in [1.82, 2.24) is 14.9 Å². The number of aryl methyl sites for hydroxylation is 1. The molecule has 0 radical (unpaired) electrons. The molecule has 0 aliphatic carbocycles. The lowest BCUT2D eigenvalue weighted by Gasteiger charge is -2.36. The molecule has 5 heteroatoms. The van der Waals surface area contributed by atoms with E-state index in [0.717, 1.165) is 42.8 Å². The smallest absolute Gasteiger partial charge is 0.233 e. The Morgan fingerprint density at radius 3 is 2.83 bits per heavy atom. The molecule has 1 aliphatic heterocycles. The van der Waals surface area contributed by atoms with Crippen LogP contribution in [-0.4, -0.2) is 39.1 Å². The van der Waals surface area contributed by atoms with E-state index in [1.54, 1.807) is 24.2 Å². The van der Waals surface area contributed by atoms with E-state index in [1.165, 1.54) is 6.42 Å². The van der Waals surface area contributed by atoms with E-state index in [-0.39, 0.29) is 5.91 Å². The zero-order valence-corrected chi connectivity index (χ0v) is 14.6. The largest absolute Gasteiger partial charge is 0.339 e. The summed E-state index contributed by atoms with van der Waals surface area (Å²) in [5, 5.41) is 0. The van der Waals surface area contributed by atoms with Gasteiger partial charge in [0, 0.05) is 41.8 Å². The van der Waals surface area contributed by atoms with Crippen LogP contribution in [0.2, 0.25) is 0 Å². The highest BCUT2D eigenvalue weighted by Crippen LogP contribution is 2.24. The van der Waals surface area contributed by atoms with Crippen LogP contribution < -0.4 is 0 Å². The molecule has 126 valence electrons. The Balaban J connectivity index is 1.54. The Hall–Kier alpha value is -1.88. The summed E-state index contributed by atoms with van der Waals surface area (Å²) in [6.07, 6.45) is 10.8. The Kier molecular flexibility index (Phi) is 6.24. The average molecular weight is 341 g/mol. The van der Waals surface area contributed by atoms with Gasteiger partial charge >= 0.3 is 0 Å². The lowest BCUT2D eigenvalue weighted by molar-refractivity contribution is -0.132. The molecule has 0 spiro atoms. The van der Waals surface area contributed by atoms with Crippen molar-refractivity contribution >= 4 is 17.7 Å². The molecule has 4 nitrogen and oxygen atoms in total. The molecular weight excluding hydrogens is 318 g/mol. The van der Waals surface area contributed by atoms with Crippen molar-refractivity contribution < 1.29 is 4.79 Å². The van der Waals surface area contributed by atoms with Crippen LogP contribution in [0, 0.1) is 0 Å². The number of hydrogen-bond acceptors (Lipinski definition) is 4. The fourth-order valence-electron chi connectivity index (χ4n) is 3.15. The lowest BCUT2D eigenvalue weighted by Crippen LogP contribution is -2.44. The Labute approximate surface area is 147 Å². The summed E-state index contributed by atoms with van der Waals surface area (Å²) in [4.78, 5) is 24.3. The van der Waals surface area contributed by atoms with Gasteiger partial charge in [0.2, 0.25) is 5.91 Å². The molecule has 1 amide bonds. The van der Waals surface area contributed by atoms with Gasteiger partial charge in [-0.05, 0) is 56.4 Å². The maximum Gasteiger partial charge on any atom is 0.233 e. The molecule has 2 aromatic heterocycles. The monoisotopic (exact) mass is 341 g/mol. The third-order valence-electron chi connectivity index (χ3n) is 4.42.